The number of alkyl halides is 3. The fourth-order valence-electron chi connectivity index (χ4n) is 2.39. The van der Waals surface area contributed by atoms with Crippen molar-refractivity contribution in [1.82, 2.24) is 4.98 Å². The van der Waals surface area contributed by atoms with Crippen LogP contribution in [0.25, 0.3) is 11.1 Å². The number of aromatic nitrogens is 1. The summed E-state index contributed by atoms with van der Waals surface area (Å²) in [6, 6.07) is 6.21. The second-order valence-corrected chi connectivity index (χ2v) is 5.12. The molecule has 0 amide bonds. The van der Waals surface area contributed by atoms with E-state index in [1.165, 1.54) is 18.3 Å². The van der Waals surface area contributed by atoms with Crippen molar-refractivity contribution in [2.75, 3.05) is 20.6 Å². The topological polar surface area (TPSA) is 60.8 Å². The molecule has 1 heterocycles. The van der Waals surface area contributed by atoms with Crippen LogP contribution in [0.2, 0.25) is 0 Å². The number of ether oxygens (including phenoxy) is 3. The lowest BCUT2D eigenvalue weighted by Gasteiger charge is -2.17. The highest BCUT2D eigenvalue weighted by Crippen LogP contribution is 2.45. The molecule has 1 unspecified atom stereocenters. The smallest absolute Gasteiger partial charge is 0.229 e. The number of halogens is 3. The Morgan fingerprint density at radius 1 is 1.00 bits per heavy atom. The van der Waals surface area contributed by atoms with Crippen LogP contribution >= 0.6 is 0 Å². The van der Waals surface area contributed by atoms with Crippen LogP contribution in [0.15, 0.2) is 30.5 Å². The van der Waals surface area contributed by atoms with Crippen molar-refractivity contribution < 1.29 is 32.5 Å². The van der Waals surface area contributed by atoms with Gasteiger partial charge in [0.1, 0.15) is 0 Å². The molecule has 1 atom stereocenters. The number of aliphatic hydroxyl groups is 1. The van der Waals surface area contributed by atoms with E-state index < -0.39 is 26.7 Å². The molecule has 136 valence electrons. The highest BCUT2D eigenvalue weighted by Gasteiger charge is 2.20. The third-order valence-electron chi connectivity index (χ3n) is 3.32. The van der Waals surface area contributed by atoms with E-state index in [1.54, 1.807) is 19.1 Å². The summed E-state index contributed by atoms with van der Waals surface area (Å²) in [4.78, 5) is 4.15. The van der Waals surface area contributed by atoms with Gasteiger partial charge in [-0.15, -0.1) is 0 Å². The average molecular weight is 357 g/mol. The Balaban J connectivity index is 2.54. The second kappa shape index (κ2) is 9.12. The predicted molar refractivity (Wildman–Crippen MR) is 84.9 cm³/mol. The molecule has 1 aromatic heterocycles. The first-order valence-corrected chi connectivity index (χ1v) is 7.47. The summed E-state index contributed by atoms with van der Waals surface area (Å²) in [5, 5.41) is 9.49. The fourth-order valence-corrected chi connectivity index (χ4v) is 2.39. The Hall–Kier alpha value is -2.48. The number of pyridine rings is 1. The number of rotatable bonds is 9. The van der Waals surface area contributed by atoms with Crippen LogP contribution in [0, 0.1) is 0 Å². The zero-order valence-corrected chi connectivity index (χ0v) is 13.5. The van der Waals surface area contributed by atoms with E-state index in [0.717, 1.165) is 0 Å². The normalized spacial score (nSPS) is 11.9. The number of nitrogens with zero attached hydrogens (tertiary/aromatic N) is 1. The Bertz CT molecular complexity index is 698. The molecule has 5 nitrogen and oxygen atoms in total. The van der Waals surface area contributed by atoms with Gasteiger partial charge in [0.2, 0.25) is 26.3 Å². The Labute approximate surface area is 143 Å². The quantitative estimate of drug-likeness (QED) is 0.743. The summed E-state index contributed by atoms with van der Waals surface area (Å²) in [5.74, 6) is -0.449. The molecule has 2 rings (SSSR count). The maximum atomic E-state index is 12.8. The molecule has 0 aliphatic heterocycles. The van der Waals surface area contributed by atoms with Gasteiger partial charge in [-0.3, -0.25) is 4.98 Å². The molecule has 0 fully saturated rings. The predicted octanol–water partition coefficient (Wildman–Crippen LogP) is 3.59. The third-order valence-corrected chi connectivity index (χ3v) is 3.32. The molecule has 8 heteroatoms. The maximum absolute atomic E-state index is 12.8. The molecular weight excluding hydrogens is 339 g/mol. The van der Waals surface area contributed by atoms with Gasteiger partial charge in [0, 0.05) is 23.9 Å². The van der Waals surface area contributed by atoms with Crippen molar-refractivity contribution in [3.63, 3.8) is 0 Å². The van der Waals surface area contributed by atoms with Crippen molar-refractivity contribution in [3.8, 4) is 28.4 Å². The van der Waals surface area contributed by atoms with Crippen LogP contribution in [0.1, 0.15) is 12.6 Å². The molecular formula is C17H18F3NO4. The molecule has 0 saturated carbocycles. The van der Waals surface area contributed by atoms with Crippen molar-refractivity contribution in [2.24, 2.45) is 0 Å². The van der Waals surface area contributed by atoms with E-state index >= 15 is 0 Å². The lowest BCUT2D eigenvalue weighted by Crippen LogP contribution is -2.06. The highest BCUT2D eigenvalue weighted by atomic mass is 19.1. The second-order valence-electron chi connectivity index (χ2n) is 5.12. The Morgan fingerprint density at radius 2 is 1.68 bits per heavy atom. The van der Waals surface area contributed by atoms with Crippen LogP contribution in [-0.4, -0.2) is 36.8 Å². The molecule has 0 saturated heterocycles. The summed E-state index contributed by atoms with van der Waals surface area (Å²) < 4.78 is 52.5. The van der Waals surface area contributed by atoms with Gasteiger partial charge in [0.25, 0.3) is 0 Å². The van der Waals surface area contributed by atoms with E-state index in [2.05, 4.69) is 4.98 Å². The van der Waals surface area contributed by atoms with Crippen molar-refractivity contribution >= 4 is 0 Å². The van der Waals surface area contributed by atoms with Crippen molar-refractivity contribution in [2.45, 2.75) is 19.4 Å². The molecule has 0 aliphatic rings. The fraction of sp³-hybridized carbons (Fsp3) is 0.353. The zero-order valence-electron chi connectivity index (χ0n) is 13.5. The first-order valence-electron chi connectivity index (χ1n) is 7.47. The van der Waals surface area contributed by atoms with Gasteiger partial charge in [-0.2, -0.15) is 0 Å². The van der Waals surface area contributed by atoms with Crippen molar-refractivity contribution in [1.29, 1.82) is 0 Å². The molecule has 25 heavy (non-hydrogen) atoms. The minimum atomic E-state index is -1.22. The summed E-state index contributed by atoms with van der Waals surface area (Å²) in [7, 11) is 0. The van der Waals surface area contributed by atoms with Gasteiger partial charge >= 0.3 is 0 Å². The number of aliphatic hydroxyl groups excluding tert-OH is 1. The summed E-state index contributed by atoms with van der Waals surface area (Å²) in [6.07, 6.45) is 1.26. The number of hydrogen-bond donors (Lipinski definition) is 1. The molecule has 0 radical (unpaired) electrons. The standard InChI is InChI=1S/C17H18F3NO4/c1-11(22)6-13-7-12(4-5-21-13)14-2-3-15(23-8-18)17(25-10-20)16(14)24-9-19/h2-5,7,11,22H,6,8-10H2,1H3. The van der Waals surface area contributed by atoms with Crippen LogP contribution in [-0.2, 0) is 6.42 Å². The lowest BCUT2D eigenvalue weighted by molar-refractivity contribution is 0.140. The van der Waals surface area contributed by atoms with Crippen molar-refractivity contribution in [3.05, 3.63) is 36.2 Å². The third kappa shape index (κ3) is 4.76. The molecule has 1 aromatic carbocycles. The van der Waals surface area contributed by atoms with Gasteiger partial charge in [0.15, 0.2) is 11.5 Å². The van der Waals surface area contributed by atoms with Gasteiger partial charge in [-0.1, -0.05) is 0 Å². The van der Waals surface area contributed by atoms with Gasteiger partial charge < -0.3 is 19.3 Å². The summed E-state index contributed by atoms with van der Waals surface area (Å²) in [6.45, 7) is -1.95. The Kier molecular flexibility index (Phi) is 6.88. The van der Waals surface area contributed by atoms with E-state index in [4.69, 9.17) is 14.2 Å². The van der Waals surface area contributed by atoms with E-state index in [1.807, 2.05) is 0 Å². The largest absolute Gasteiger partial charge is 0.459 e. The van der Waals surface area contributed by atoms with Gasteiger partial charge in [-0.25, -0.2) is 13.2 Å². The van der Waals surface area contributed by atoms with E-state index in [-0.39, 0.29) is 17.2 Å². The number of benzene rings is 1. The lowest BCUT2D eigenvalue weighted by atomic mass is 10.0. The SMILES string of the molecule is CC(O)Cc1cc(-c2ccc(OCF)c(OCF)c2OCF)ccn1. The van der Waals surface area contributed by atoms with Gasteiger partial charge in [0.05, 0.1) is 6.10 Å². The average Bonchev–Trinajstić information content (AvgIpc) is 2.58. The molecule has 2 aromatic rings. The molecule has 1 N–H and O–H groups in total. The molecule has 0 bridgehead atoms. The molecule has 0 aliphatic carbocycles. The summed E-state index contributed by atoms with van der Waals surface area (Å²) >= 11 is 0. The van der Waals surface area contributed by atoms with Crippen LogP contribution in [0.4, 0.5) is 13.2 Å². The van der Waals surface area contributed by atoms with Crippen LogP contribution in [0.3, 0.4) is 0 Å². The monoisotopic (exact) mass is 357 g/mol. The van der Waals surface area contributed by atoms with E-state index in [9.17, 15) is 18.3 Å². The first kappa shape index (κ1) is 18.9. The first-order chi connectivity index (χ1) is 12.1. The minimum absolute atomic E-state index is 0.106. The van der Waals surface area contributed by atoms with Crippen LogP contribution in [0.5, 0.6) is 17.2 Å². The van der Waals surface area contributed by atoms with Gasteiger partial charge in [-0.05, 0) is 36.8 Å². The molecule has 0 spiro atoms. The Morgan fingerprint density at radius 3 is 2.32 bits per heavy atom. The van der Waals surface area contributed by atoms with Crippen LogP contribution < -0.4 is 14.2 Å². The minimum Gasteiger partial charge on any atom is -0.459 e. The highest BCUT2D eigenvalue weighted by molar-refractivity contribution is 5.76. The maximum Gasteiger partial charge on any atom is 0.229 e. The van der Waals surface area contributed by atoms with E-state index in [0.29, 0.717) is 23.2 Å². The zero-order chi connectivity index (χ0) is 18.2. The number of hydrogen-bond acceptors (Lipinski definition) is 5. The summed E-state index contributed by atoms with van der Waals surface area (Å²) in [5.41, 5.74) is 1.59.